The number of carbonyl (C=O) groups excluding carboxylic acids is 2. The monoisotopic (exact) mass is 487 g/mol. The number of hydrogen-bond acceptors (Lipinski definition) is 4. The number of hydrogen-bond donors (Lipinski definition) is 1. The molecule has 3 aromatic carbocycles. The summed E-state index contributed by atoms with van der Waals surface area (Å²) in [6.45, 7) is 5.72. The van der Waals surface area contributed by atoms with Gasteiger partial charge in [-0.1, -0.05) is 72.8 Å². The highest BCUT2D eigenvalue weighted by atomic mass is 19.1. The molecule has 1 aromatic heterocycles. The molecule has 0 aliphatic heterocycles. The standard InChI is InChI=1S/C28H30FN5O2/c1-4-28(2,3)30-27(36)26(21-14-8-9-15-22(21)29)33(18-20-12-6-5-7-13-20)25(35)19-34-24-17-11-10-16-23(24)31-32-34/h5-17,26H,4,18-19H2,1-3H3,(H,30,36). The van der Waals surface area contributed by atoms with E-state index in [0.717, 1.165) is 5.56 Å². The van der Waals surface area contributed by atoms with Crippen molar-refractivity contribution in [1.82, 2.24) is 25.2 Å². The van der Waals surface area contributed by atoms with Crippen LogP contribution in [0, 0.1) is 5.82 Å². The summed E-state index contributed by atoms with van der Waals surface area (Å²) in [7, 11) is 0. The minimum atomic E-state index is -1.18. The zero-order valence-corrected chi connectivity index (χ0v) is 20.7. The van der Waals surface area contributed by atoms with Crippen molar-refractivity contribution in [2.75, 3.05) is 0 Å². The van der Waals surface area contributed by atoms with Crippen LogP contribution in [0.3, 0.4) is 0 Å². The van der Waals surface area contributed by atoms with Gasteiger partial charge in [-0.15, -0.1) is 5.10 Å². The maximum absolute atomic E-state index is 15.1. The Balaban J connectivity index is 1.77. The molecule has 186 valence electrons. The molecule has 36 heavy (non-hydrogen) atoms. The molecule has 4 rings (SSSR count). The van der Waals surface area contributed by atoms with Crippen molar-refractivity contribution < 1.29 is 14.0 Å². The Morgan fingerprint density at radius 3 is 2.39 bits per heavy atom. The van der Waals surface area contributed by atoms with Crippen LogP contribution in [0.2, 0.25) is 0 Å². The third-order valence-electron chi connectivity index (χ3n) is 6.33. The van der Waals surface area contributed by atoms with Crippen molar-refractivity contribution in [1.29, 1.82) is 0 Å². The highest BCUT2D eigenvalue weighted by Crippen LogP contribution is 2.28. The van der Waals surface area contributed by atoms with Gasteiger partial charge in [0.15, 0.2) is 0 Å². The van der Waals surface area contributed by atoms with Crippen LogP contribution < -0.4 is 5.32 Å². The fourth-order valence-corrected chi connectivity index (χ4v) is 3.99. The van der Waals surface area contributed by atoms with E-state index in [2.05, 4.69) is 15.6 Å². The van der Waals surface area contributed by atoms with Crippen LogP contribution >= 0.6 is 0 Å². The van der Waals surface area contributed by atoms with Crippen molar-refractivity contribution in [3.63, 3.8) is 0 Å². The predicted octanol–water partition coefficient (Wildman–Crippen LogP) is 4.65. The summed E-state index contributed by atoms with van der Waals surface area (Å²) in [5.41, 5.74) is 1.77. The smallest absolute Gasteiger partial charge is 0.247 e. The Labute approximate surface area is 209 Å². The molecule has 2 amide bonds. The fourth-order valence-electron chi connectivity index (χ4n) is 3.99. The molecule has 0 spiro atoms. The summed E-state index contributed by atoms with van der Waals surface area (Å²) >= 11 is 0. The summed E-state index contributed by atoms with van der Waals surface area (Å²) in [5, 5.41) is 11.3. The lowest BCUT2D eigenvalue weighted by molar-refractivity contribution is -0.143. The summed E-state index contributed by atoms with van der Waals surface area (Å²) in [5.74, 6) is -1.38. The molecule has 1 atom stereocenters. The summed E-state index contributed by atoms with van der Waals surface area (Å²) < 4.78 is 16.6. The number of benzene rings is 3. The van der Waals surface area contributed by atoms with E-state index in [9.17, 15) is 9.59 Å². The van der Waals surface area contributed by atoms with Gasteiger partial charge < -0.3 is 10.2 Å². The molecule has 0 bridgehead atoms. The predicted molar refractivity (Wildman–Crippen MR) is 136 cm³/mol. The number of rotatable bonds is 9. The highest BCUT2D eigenvalue weighted by molar-refractivity contribution is 5.89. The summed E-state index contributed by atoms with van der Waals surface area (Å²) in [6, 6.07) is 21.6. The Kier molecular flexibility index (Phi) is 7.43. The van der Waals surface area contributed by atoms with Gasteiger partial charge in [0, 0.05) is 17.6 Å². The van der Waals surface area contributed by atoms with Crippen LogP contribution in [0.1, 0.15) is 44.4 Å². The Hall–Kier alpha value is -4.07. The largest absolute Gasteiger partial charge is 0.349 e. The van der Waals surface area contributed by atoms with Gasteiger partial charge in [0.2, 0.25) is 11.8 Å². The van der Waals surface area contributed by atoms with Crippen LogP contribution in [0.25, 0.3) is 11.0 Å². The van der Waals surface area contributed by atoms with Gasteiger partial charge in [0.25, 0.3) is 0 Å². The number of nitrogens with one attached hydrogen (secondary N) is 1. The van der Waals surface area contributed by atoms with Crippen LogP contribution in [0.4, 0.5) is 4.39 Å². The van der Waals surface area contributed by atoms with E-state index in [1.807, 2.05) is 75.4 Å². The first-order valence-corrected chi connectivity index (χ1v) is 12.0. The lowest BCUT2D eigenvalue weighted by Crippen LogP contribution is -2.50. The molecule has 4 aromatic rings. The van der Waals surface area contributed by atoms with Gasteiger partial charge in [0.1, 0.15) is 23.9 Å². The number of carbonyl (C=O) groups is 2. The van der Waals surface area contributed by atoms with E-state index in [4.69, 9.17) is 0 Å². The average molecular weight is 488 g/mol. The second-order valence-corrected chi connectivity index (χ2v) is 9.39. The van der Waals surface area contributed by atoms with Crippen molar-refractivity contribution in [2.45, 2.75) is 51.9 Å². The van der Waals surface area contributed by atoms with Crippen molar-refractivity contribution in [2.24, 2.45) is 0 Å². The normalized spacial score (nSPS) is 12.3. The molecular formula is C28H30FN5O2. The third kappa shape index (κ3) is 5.59. The molecule has 8 heteroatoms. The number of para-hydroxylation sites is 1. The van der Waals surface area contributed by atoms with E-state index in [1.54, 1.807) is 18.2 Å². The second-order valence-electron chi connectivity index (χ2n) is 9.39. The van der Waals surface area contributed by atoms with Gasteiger partial charge in [-0.25, -0.2) is 9.07 Å². The van der Waals surface area contributed by atoms with Gasteiger partial charge >= 0.3 is 0 Å². The molecule has 1 N–H and O–H groups in total. The maximum atomic E-state index is 15.1. The van der Waals surface area contributed by atoms with E-state index in [0.29, 0.717) is 17.5 Å². The van der Waals surface area contributed by atoms with Crippen molar-refractivity contribution >= 4 is 22.8 Å². The topological polar surface area (TPSA) is 80.1 Å². The minimum absolute atomic E-state index is 0.116. The molecule has 0 saturated heterocycles. The molecule has 7 nitrogen and oxygen atoms in total. The van der Waals surface area contributed by atoms with Crippen LogP contribution in [-0.2, 0) is 22.7 Å². The molecule has 0 fully saturated rings. The number of aromatic nitrogens is 3. The quantitative estimate of drug-likeness (QED) is 0.373. The molecule has 0 aliphatic rings. The highest BCUT2D eigenvalue weighted by Gasteiger charge is 2.35. The van der Waals surface area contributed by atoms with E-state index in [-0.39, 0.29) is 24.6 Å². The zero-order chi connectivity index (χ0) is 25.7. The Morgan fingerprint density at radius 1 is 1.00 bits per heavy atom. The lowest BCUT2D eigenvalue weighted by Gasteiger charge is -2.34. The summed E-state index contributed by atoms with van der Waals surface area (Å²) in [4.78, 5) is 29.0. The number of halogens is 1. The molecule has 1 heterocycles. The number of fused-ring (bicyclic) bond motifs is 1. The fraction of sp³-hybridized carbons (Fsp3) is 0.286. The second kappa shape index (κ2) is 10.7. The first-order valence-electron chi connectivity index (χ1n) is 12.0. The van der Waals surface area contributed by atoms with Crippen molar-refractivity contribution in [3.8, 4) is 0 Å². The maximum Gasteiger partial charge on any atom is 0.247 e. The van der Waals surface area contributed by atoms with Crippen LogP contribution in [0.15, 0.2) is 78.9 Å². The number of nitrogens with zero attached hydrogens (tertiary/aromatic N) is 4. The molecule has 1 unspecified atom stereocenters. The van der Waals surface area contributed by atoms with Gasteiger partial charge in [0.05, 0.1) is 5.52 Å². The van der Waals surface area contributed by atoms with Crippen LogP contribution in [0.5, 0.6) is 0 Å². The molecule has 0 aliphatic carbocycles. The first kappa shape index (κ1) is 25.0. The van der Waals surface area contributed by atoms with Crippen molar-refractivity contribution in [3.05, 3.63) is 95.8 Å². The molecule has 0 radical (unpaired) electrons. The third-order valence-corrected chi connectivity index (χ3v) is 6.33. The SMILES string of the molecule is CCC(C)(C)NC(=O)C(c1ccccc1F)N(Cc1ccccc1)C(=O)Cn1nnc2ccccc21. The first-order chi connectivity index (χ1) is 17.3. The van der Waals surface area contributed by atoms with E-state index in [1.165, 1.54) is 15.6 Å². The number of amides is 2. The zero-order valence-electron chi connectivity index (χ0n) is 20.7. The Morgan fingerprint density at radius 2 is 1.67 bits per heavy atom. The Bertz CT molecular complexity index is 1350. The summed E-state index contributed by atoms with van der Waals surface area (Å²) in [6.07, 6.45) is 0.667. The molecule has 0 saturated carbocycles. The lowest BCUT2D eigenvalue weighted by atomic mass is 9.98. The van der Waals surface area contributed by atoms with E-state index >= 15 is 4.39 Å². The average Bonchev–Trinajstić information content (AvgIpc) is 3.28. The van der Waals surface area contributed by atoms with Gasteiger partial charge in [-0.05, 0) is 44.0 Å². The molecular weight excluding hydrogens is 457 g/mol. The van der Waals surface area contributed by atoms with Gasteiger partial charge in [-0.2, -0.15) is 0 Å². The van der Waals surface area contributed by atoms with E-state index < -0.39 is 23.3 Å². The van der Waals surface area contributed by atoms with Gasteiger partial charge in [-0.3, -0.25) is 9.59 Å². The minimum Gasteiger partial charge on any atom is -0.349 e. The van der Waals surface area contributed by atoms with Crippen LogP contribution in [-0.4, -0.2) is 37.2 Å².